The summed E-state index contributed by atoms with van der Waals surface area (Å²) in [5, 5.41) is 15.7. The lowest BCUT2D eigenvalue weighted by atomic mass is 9.53. The molecule has 4 aliphatic carbocycles. The van der Waals surface area contributed by atoms with E-state index in [1.807, 2.05) is 17.0 Å². The molecule has 168 valence electrons. The van der Waals surface area contributed by atoms with E-state index in [1.54, 1.807) is 12.1 Å². The molecule has 0 spiro atoms. The van der Waals surface area contributed by atoms with Gasteiger partial charge in [0.05, 0.1) is 0 Å². The van der Waals surface area contributed by atoms with Gasteiger partial charge in [-0.25, -0.2) is 4.79 Å². The van der Waals surface area contributed by atoms with Crippen LogP contribution in [0.4, 0.5) is 10.5 Å². The topological polar surface area (TPSA) is 84.9 Å². The number of hydrogen-bond acceptors (Lipinski definition) is 4. The fourth-order valence-corrected chi connectivity index (χ4v) is 6.87. The molecule has 3 amide bonds. The third-order valence-electron chi connectivity index (χ3n) is 7.89. The Morgan fingerprint density at radius 2 is 1.52 bits per heavy atom. The number of hydrogen-bond donors (Lipinski definition) is 3. The van der Waals surface area contributed by atoms with Gasteiger partial charge < -0.3 is 25.5 Å². The van der Waals surface area contributed by atoms with Gasteiger partial charge in [-0.2, -0.15) is 0 Å². The Morgan fingerprint density at radius 1 is 0.935 bits per heavy atom. The van der Waals surface area contributed by atoms with E-state index in [0.717, 1.165) is 55.8 Å². The van der Waals surface area contributed by atoms with E-state index in [2.05, 4.69) is 15.5 Å². The highest BCUT2D eigenvalue weighted by molar-refractivity contribution is 5.79. The van der Waals surface area contributed by atoms with Crippen molar-refractivity contribution in [1.29, 1.82) is 0 Å². The molecule has 0 atom stereocenters. The standard InChI is InChI=1S/C24H34N4O3/c29-21-3-1-20(2-4-21)27-7-9-28(10-8-27)22(30)5-6-25-23(31)26-24-14-17-11-18(15-24)13-19(12-17)16-24/h1-4,17-19,29H,5-16H2,(H2,25,26,31). The Hall–Kier alpha value is -2.44. The summed E-state index contributed by atoms with van der Waals surface area (Å²) in [5.41, 5.74) is 1.07. The summed E-state index contributed by atoms with van der Waals surface area (Å²) in [6.45, 7) is 3.29. The number of carbonyl (C=O) groups excluding carboxylic acids is 2. The van der Waals surface area contributed by atoms with Crippen LogP contribution in [-0.2, 0) is 4.79 Å². The number of anilines is 1. The minimum absolute atomic E-state index is 0.00734. The normalized spacial score (nSPS) is 31.5. The van der Waals surface area contributed by atoms with Crippen LogP contribution < -0.4 is 15.5 Å². The number of phenols is 1. The molecule has 5 fully saturated rings. The van der Waals surface area contributed by atoms with Crippen molar-refractivity contribution in [2.75, 3.05) is 37.6 Å². The number of carbonyl (C=O) groups is 2. The summed E-state index contributed by atoms with van der Waals surface area (Å²) >= 11 is 0. The Labute approximate surface area is 184 Å². The minimum atomic E-state index is -0.105. The van der Waals surface area contributed by atoms with Crippen molar-refractivity contribution >= 4 is 17.6 Å². The maximum Gasteiger partial charge on any atom is 0.315 e. The molecule has 0 aromatic heterocycles. The molecule has 1 aromatic carbocycles. The van der Waals surface area contributed by atoms with Gasteiger partial charge in [-0.15, -0.1) is 0 Å². The molecule has 1 heterocycles. The third kappa shape index (κ3) is 4.46. The van der Waals surface area contributed by atoms with Crippen molar-refractivity contribution < 1.29 is 14.7 Å². The Balaban J connectivity index is 1.03. The summed E-state index contributed by atoms with van der Waals surface area (Å²) in [5.74, 6) is 2.76. The average Bonchev–Trinajstić information content (AvgIpc) is 2.73. The molecule has 7 heteroatoms. The van der Waals surface area contributed by atoms with Gasteiger partial charge in [0.2, 0.25) is 5.91 Å². The quantitative estimate of drug-likeness (QED) is 0.676. The summed E-state index contributed by atoms with van der Waals surface area (Å²) in [7, 11) is 0. The van der Waals surface area contributed by atoms with Crippen molar-refractivity contribution in [2.45, 2.75) is 50.5 Å². The molecule has 0 unspecified atom stereocenters. The Morgan fingerprint density at radius 3 is 2.10 bits per heavy atom. The first-order valence-corrected chi connectivity index (χ1v) is 11.9. The van der Waals surface area contributed by atoms with Gasteiger partial charge in [0.1, 0.15) is 5.75 Å². The first-order chi connectivity index (χ1) is 15.0. The fraction of sp³-hybridized carbons (Fsp3) is 0.667. The molecule has 1 saturated heterocycles. The lowest BCUT2D eigenvalue weighted by Crippen LogP contribution is -2.61. The number of phenolic OH excluding ortho intramolecular Hbond substituents is 1. The third-order valence-corrected chi connectivity index (χ3v) is 7.89. The molecule has 6 rings (SSSR count). The van der Waals surface area contributed by atoms with Crippen molar-refractivity contribution in [3.8, 4) is 5.75 Å². The second-order valence-electron chi connectivity index (χ2n) is 10.2. The number of nitrogens with one attached hydrogen (secondary N) is 2. The molecule has 3 N–H and O–H groups in total. The number of amides is 3. The van der Waals surface area contributed by atoms with Crippen LogP contribution in [0.3, 0.4) is 0 Å². The second-order valence-corrected chi connectivity index (χ2v) is 10.2. The summed E-state index contributed by atoms with van der Waals surface area (Å²) in [6, 6.07) is 7.07. The van der Waals surface area contributed by atoms with Crippen LogP contribution in [0.1, 0.15) is 44.9 Å². The van der Waals surface area contributed by atoms with Crippen LogP contribution in [0.5, 0.6) is 5.75 Å². The summed E-state index contributed by atoms with van der Waals surface area (Å²) in [4.78, 5) is 29.2. The van der Waals surface area contributed by atoms with Gasteiger partial charge in [0.25, 0.3) is 0 Å². The van der Waals surface area contributed by atoms with Crippen molar-refractivity contribution in [2.24, 2.45) is 17.8 Å². The van der Waals surface area contributed by atoms with Gasteiger partial charge in [-0.3, -0.25) is 4.79 Å². The zero-order chi connectivity index (χ0) is 21.4. The highest BCUT2D eigenvalue weighted by Crippen LogP contribution is 2.55. The number of piperazine rings is 1. The summed E-state index contributed by atoms with van der Waals surface area (Å²) < 4.78 is 0. The smallest absolute Gasteiger partial charge is 0.315 e. The maximum atomic E-state index is 12.6. The number of nitrogens with zero attached hydrogens (tertiary/aromatic N) is 2. The molecule has 1 aliphatic heterocycles. The Bertz CT molecular complexity index is 781. The molecule has 31 heavy (non-hydrogen) atoms. The zero-order valence-corrected chi connectivity index (χ0v) is 18.2. The lowest BCUT2D eigenvalue weighted by Gasteiger charge is -2.56. The first kappa shape index (κ1) is 20.5. The highest BCUT2D eigenvalue weighted by Gasteiger charge is 2.51. The lowest BCUT2D eigenvalue weighted by molar-refractivity contribution is -0.131. The number of benzene rings is 1. The van der Waals surface area contributed by atoms with Crippen LogP contribution >= 0.6 is 0 Å². The SMILES string of the molecule is O=C(NCCC(=O)N1CCN(c2ccc(O)cc2)CC1)NC12CC3CC(CC(C3)C1)C2. The van der Waals surface area contributed by atoms with Crippen molar-refractivity contribution in [3.05, 3.63) is 24.3 Å². The van der Waals surface area contributed by atoms with Gasteiger partial charge in [0.15, 0.2) is 0 Å². The monoisotopic (exact) mass is 426 g/mol. The van der Waals surface area contributed by atoms with E-state index in [1.165, 1.54) is 19.3 Å². The summed E-state index contributed by atoms with van der Waals surface area (Å²) in [6.07, 6.45) is 7.82. The average molecular weight is 427 g/mol. The Kier molecular flexibility index (Phi) is 5.44. The zero-order valence-electron chi connectivity index (χ0n) is 18.2. The number of aromatic hydroxyl groups is 1. The van der Waals surface area contributed by atoms with Gasteiger partial charge >= 0.3 is 6.03 Å². The van der Waals surface area contributed by atoms with Gasteiger partial charge in [-0.05, 0) is 80.5 Å². The van der Waals surface area contributed by atoms with Gasteiger partial charge in [0, 0.05) is 50.4 Å². The molecular formula is C24H34N4O3. The fourth-order valence-electron chi connectivity index (χ4n) is 6.87. The first-order valence-electron chi connectivity index (χ1n) is 11.9. The maximum absolute atomic E-state index is 12.6. The molecule has 1 aromatic rings. The molecule has 0 radical (unpaired) electrons. The van der Waals surface area contributed by atoms with E-state index in [9.17, 15) is 14.7 Å². The van der Waals surface area contributed by atoms with Crippen LogP contribution in [0.15, 0.2) is 24.3 Å². The van der Waals surface area contributed by atoms with Crippen LogP contribution in [0.2, 0.25) is 0 Å². The predicted octanol–water partition coefficient (Wildman–Crippen LogP) is 2.70. The molecule has 7 nitrogen and oxygen atoms in total. The number of rotatable bonds is 5. The predicted molar refractivity (Wildman–Crippen MR) is 119 cm³/mol. The molecule has 4 saturated carbocycles. The van der Waals surface area contributed by atoms with E-state index in [-0.39, 0.29) is 23.2 Å². The largest absolute Gasteiger partial charge is 0.508 e. The van der Waals surface area contributed by atoms with Crippen LogP contribution in [-0.4, -0.2) is 60.2 Å². The van der Waals surface area contributed by atoms with E-state index in [4.69, 9.17) is 0 Å². The van der Waals surface area contributed by atoms with E-state index in [0.29, 0.717) is 26.1 Å². The van der Waals surface area contributed by atoms with Crippen LogP contribution in [0, 0.1) is 17.8 Å². The second kappa shape index (κ2) is 8.24. The molecule has 4 bridgehead atoms. The minimum Gasteiger partial charge on any atom is -0.508 e. The van der Waals surface area contributed by atoms with E-state index >= 15 is 0 Å². The van der Waals surface area contributed by atoms with Gasteiger partial charge in [-0.1, -0.05) is 0 Å². The van der Waals surface area contributed by atoms with Crippen LogP contribution in [0.25, 0.3) is 0 Å². The highest BCUT2D eigenvalue weighted by atomic mass is 16.3. The van der Waals surface area contributed by atoms with Crippen molar-refractivity contribution in [3.63, 3.8) is 0 Å². The van der Waals surface area contributed by atoms with E-state index < -0.39 is 0 Å². The molecule has 5 aliphatic rings. The number of urea groups is 1. The van der Waals surface area contributed by atoms with Crippen molar-refractivity contribution in [1.82, 2.24) is 15.5 Å². The molecular weight excluding hydrogens is 392 g/mol.